The highest BCUT2D eigenvalue weighted by molar-refractivity contribution is 9.10. The summed E-state index contributed by atoms with van der Waals surface area (Å²) in [5.41, 5.74) is 1.93. The fourth-order valence-corrected chi connectivity index (χ4v) is 4.17. The van der Waals surface area contributed by atoms with Crippen LogP contribution in [-0.4, -0.2) is 46.1 Å². The number of thiazole rings is 1. The molecule has 1 aromatic heterocycles. The molecule has 0 aliphatic carbocycles. The molecule has 0 saturated carbocycles. The van der Waals surface area contributed by atoms with Crippen molar-refractivity contribution >= 4 is 50.3 Å². The van der Waals surface area contributed by atoms with E-state index in [1.165, 1.54) is 12.1 Å². The molecule has 134 valence electrons. The molecule has 3 rings (SSSR count). The summed E-state index contributed by atoms with van der Waals surface area (Å²) in [5, 5.41) is 7.14. The van der Waals surface area contributed by atoms with Crippen LogP contribution in [0.15, 0.2) is 28.1 Å². The van der Waals surface area contributed by atoms with Gasteiger partial charge in [-0.3, -0.25) is 4.90 Å². The van der Waals surface area contributed by atoms with Crippen molar-refractivity contribution in [1.29, 1.82) is 0 Å². The van der Waals surface area contributed by atoms with E-state index in [1.807, 2.05) is 6.92 Å². The summed E-state index contributed by atoms with van der Waals surface area (Å²) in [6, 6.07) is 4.56. The van der Waals surface area contributed by atoms with Gasteiger partial charge in [0, 0.05) is 42.6 Å². The van der Waals surface area contributed by atoms with Crippen molar-refractivity contribution in [3.05, 3.63) is 44.6 Å². The van der Waals surface area contributed by atoms with Gasteiger partial charge >= 0.3 is 0 Å². The van der Waals surface area contributed by atoms with Gasteiger partial charge in [-0.1, -0.05) is 0 Å². The lowest BCUT2D eigenvalue weighted by molar-refractivity contribution is 0.275. The Balaban J connectivity index is 1.55. The Morgan fingerprint density at radius 1 is 1.36 bits per heavy atom. The van der Waals surface area contributed by atoms with E-state index in [9.17, 15) is 4.39 Å². The molecule has 0 amide bonds. The second-order valence-corrected chi connectivity index (χ2v) is 8.33. The van der Waals surface area contributed by atoms with Crippen LogP contribution in [0.4, 0.5) is 10.1 Å². The first-order chi connectivity index (χ1) is 12.0. The first-order valence-corrected chi connectivity index (χ1v) is 10.2. The number of thiocarbonyl (C=S) groups is 1. The first-order valence-electron chi connectivity index (χ1n) is 8.15. The zero-order valence-corrected chi connectivity index (χ0v) is 17.2. The SMILES string of the molecule is Cc1nc(CN2CCCN(C(=S)Nc3ccc(F)cc3Br)CC2)cs1. The predicted molar refractivity (Wildman–Crippen MR) is 109 cm³/mol. The Morgan fingerprint density at radius 2 is 2.20 bits per heavy atom. The van der Waals surface area contributed by atoms with Gasteiger partial charge in [-0.25, -0.2) is 9.37 Å². The predicted octanol–water partition coefficient (Wildman–Crippen LogP) is 4.26. The van der Waals surface area contributed by atoms with Gasteiger partial charge in [-0.2, -0.15) is 0 Å². The maximum Gasteiger partial charge on any atom is 0.173 e. The largest absolute Gasteiger partial charge is 0.348 e. The quantitative estimate of drug-likeness (QED) is 0.717. The Bertz CT molecular complexity index is 752. The van der Waals surface area contributed by atoms with Gasteiger partial charge in [0.1, 0.15) is 5.82 Å². The number of nitrogens with one attached hydrogen (secondary N) is 1. The van der Waals surface area contributed by atoms with Crippen LogP contribution < -0.4 is 5.32 Å². The smallest absolute Gasteiger partial charge is 0.173 e. The number of hydrogen-bond donors (Lipinski definition) is 1. The number of nitrogens with zero attached hydrogens (tertiary/aromatic N) is 3. The highest BCUT2D eigenvalue weighted by atomic mass is 79.9. The summed E-state index contributed by atoms with van der Waals surface area (Å²) in [4.78, 5) is 9.15. The maximum atomic E-state index is 13.2. The zero-order chi connectivity index (χ0) is 17.8. The average Bonchev–Trinajstić information content (AvgIpc) is 2.83. The van der Waals surface area contributed by atoms with Crippen LogP contribution in [0.3, 0.4) is 0 Å². The van der Waals surface area contributed by atoms with E-state index in [2.05, 4.69) is 41.4 Å². The highest BCUT2D eigenvalue weighted by Gasteiger charge is 2.18. The van der Waals surface area contributed by atoms with Crippen LogP contribution in [0.25, 0.3) is 0 Å². The molecule has 2 aromatic rings. The van der Waals surface area contributed by atoms with E-state index >= 15 is 0 Å². The van der Waals surface area contributed by atoms with Crippen LogP contribution in [0, 0.1) is 12.7 Å². The minimum atomic E-state index is -0.272. The molecule has 4 nitrogen and oxygen atoms in total. The molecule has 1 saturated heterocycles. The fourth-order valence-electron chi connectivity index (χ4n) is 2.83. The monoisotopic (exact) mass is 442 g/mol. The minimum absolute atomic E-state index is 0.272. The van der Waals surface area contributed by atoms with Crippen molar-refractivity contribution in [2.24, 2.45) is 0 Å². The van der Waals surface area contributed by atoms with Crippen molar-refractivity contribution < 1.29 is 4.39 Å². The number of anilines is 1. The Labute approximate surface area is 165 Å². The topological polar surface area (TPSA) is 31.4 Å². The molecule has 0 unspecified atom stereocenters. The lowest BCUT2D eigenvalue weighted by atomic mass is 10.3. The van der Waals surface area contributed by atoms with Crippen molar-refractivity contribution in [1.82, 2.24) is 14.8 Å². The molecule has 0 bridgehead atoms. The summed E-state index contributed by atoms with van der Waals surface area (Å²) < 4.78 is 13.9. The third-order valence-electron chi connectivity index (χ3n) is 4.10. The van der Waals surface area contributed by atoms with E-state index in [0.717, 1.165) is 55.5 Å². The molecule has 8 heteroatoms. The summed E-state index contributed by atoms with van der Waals surface area (Å²) in [6.45, 7) is 6.70. The molecule has 2 heterocycles. The number of halogens is 2. The van der Waals surface area contributed by atoms with Gasteiger partial charge in [-0.05, 0) is 59.7 Å². The van der Waals surface area contributed by atoms with Gasteiger partial charge in [0.2, 0.25) is 0 Å². The normalized spacial score (nSPS) is 15.9. The fraction of sp³-hybridized carbons (Fsp3) is 0.412. The molecule has 1 aromatic carbocycles. The molecular weight excluding hydrogens is 423 g/mol. The first kappa shape index (κ1) is 18.7. The van der Waals surface area contributed by atoms with Crippen molar-refractivity contribution in [2.75, 3.05) is 31.5 Å². The van der Waals surface area contributed by atoms with Crippen molar-refractivity contribution in [3.63, 3.8) is 0 Å². The number of aromatic nitrogens is 1. The van der Waals surface area contributed by atoms with Gasteiger partial charge in [0.05, 0.1) is 16.4 Å². The summed E-state index contributed by atoms with van der Waals surface area (Å²) >= 11 is 10.6. The molecule has 0 radical (unpaired) electrons. The summed E-state index contributed by atoms with van der Waals surface area (Å²) in [5.74, 6) is -0.272. The molecule has 25 heavy (non-hydrogen) atoms. The number of benzene rings is 1. The third kappa shape index (κ3) is 5.20. The van der Waals surface area contributed by atoms with Crippen LogP contribution in [-0.2, 0) is 6.54 Å². The zero-order valence-electron chi connectivity index (χ0n) is 14.0. The third-order valence-corrected chi connectivity index (χ3v) is 5.94. The van der Waals surface area contributed by atoms with E-state index in [-0.39, 0.29) is 5.82 Å². The summed E-state index contributed by atoms with van der Waals surface area (Å²) in [6.07, 6.45) is 1.05. The number of aryl methyl sites for hydroxylation is 1. The van der Waals surface area contributed by atoms with Gasteiger partial charge in [0.25, 0.3) is 0 Å². The number of hydrogen-bond acceptors (Lipinski definition) is 4. The lowest BCUT2D eigenvalue weighted by Gasteiger charge is -2.25. The van der Waals surface area contributed by atoms with Gasteiger partial charge in [-0.15, -0.1) is 11.3 Å². The van der Waals surface area contributed by atoms with E-state index in [4.69, 9.17) is 12.2 Å². The summed E-state index contributed by atoms with van der Waals surface area (Å²) in [7, 11) is 0. The molecule has 0 atom stereocenters. The Kier molecular flexibility index (Phi) is 6.38. The molecule has 1 N–H and O–H groups in total. The minimum Gasteiger partial charge on any atom is -0.348 e. The molecular formula is C17H20BrFN4S2. The van der Waals surface area contributed by atoms with Crippen molar-refractivity contribution in [3.8, 4) is 0 Å². The molecule has 1 aliphatic rings. The van der Waals surface area contributed by atoms with Crippen LogP contribution in [0.2, 0.25) is 0 Å². The van der Waals surface area contributed by atoms with E-state index in [0.29, 0.717) is 9.59 Å². The van der Waals surface area contributed by atoms with E-state index < -0.39 is 0 Å². The molecule has 1 fully saturated rings. The van der Waals surface area contributed by atoms with Crippen LogP contribution in [0.1, 0.15) is 17.1 Å². The Morgan fingerprint density at radius 3 is 2.92 bits per heavy atom. The Hall–Kier alpha value is -1.09. The van der Waals surface area contributed by atoms with Gasteiger partial charge in [0.15, 0.2) is 5.11 Å². The van der Waals surface area contributed by atoms with Crippen molar-refractivity contribution in [2.45, 2.75) is 19.9 Å². The lowest BCUT2D eigenvalue weighted by Crippen LogP contribution is -2.37. The number of rotatable bonds is 3. The maximum absolute atomic E-state index is 13.2. The second-order valence-electron chi connectivity index (χ2n) is 6.03. The standard InChI is InChI=1S/C17H20BrFN4S2/c1-12-20-14(11-25-12)10-22-5-2-6-23(8-7-22)17(24)21-16-4-3-13(19)9-15(16)18/h3-4,9,11H,2,5-8,10H2,1H3,(H,21,24). The average molecular weight is 443 g/mol. The second kappa shape index (κ2) is 8.53. The highest BCUT2D eigenvalue weighted by Crippen LogP contribution is 2.23. The molecule has 1 aliphatic heterocycles. The molecule has 0 spiro atoms. The van der Waals surface area contributed by atoms with Gasteiger partial charge < -0.3 is 10.2 Å². The van der Waals surface area contributed by atoms with Crippen LogP contribution in [0.5, 0.6) is 0 Å². The van der Waals surface area contributed by atoms with Crippen LogP contribution >= 0.6 is 39.5 Å². The van der Waals surface area contributed by atoms with E-state index in [1.54, 1.807) is 17.4 Å².